The van der Waals surface area contributed by atoms with Crippen molar-refractivity contribution in [1.82, 2.24) is 0 Å². The number of nitrogens with two attached hydrogens (primary N) is 1. The largest absolute Gasteiger partial charge is 0.468 e. The lowest BCUT2D eigenvalue weighted by Crippen LogP contribution is -2.33. The molecule has 0 aliphatic carbocycles. The second-order valence-corrected chi connectivity index (χ2v) is 4.69. The quantitative estimate of drug-likeness (QED) is 0.880. The zero-order valence-corrected chi connectivity index (χ0v) is 13.0. The van der Waals surface area contributed by atoms with Crippen LogP contribution in [0.3, 0.4) is 0 Å². The highest BCUT2D eigenvalue weighted by Gasteiger charge is 2.14. The monoisotopic (exact) mass is 316 g/mol. The van der Waals surface area contributed by atoms with E-state index in [1.807, 2.05) is 42.5 Å². The molecular weight excluding hydrogens is 300 g/mol. The standard InChI is InChI=1S/C17H16N2O2.ClH/c1-21-17(20)16(19)10-12-6-8-13(9-7-12)15-5-3-2-4-14(15)11-18;/h2-9,16H,10,19H2,1H3;1H/t16-;/m0./s1. The van der Waals surface area contributed by atoms with Crippen molar-refractivity contribution in [3.05, 3.63) is 59.7 Å². The maximum absolute atomic E-state index is 11.3. The van der Waals surface area contributed by atoms with Gasteiger partial charge in [0.2, 0.25) is 0 Å². The van der Waals surface area contributed by atoms with Crippen molar-refractivity contribution in [3.63, 3.8) is 0 Å². The summed E-state index contributed by atoms with van der Waals surface area (Å²) in [6, 6.07) is 16.6. The van der Waals surface area contributed by atoms with Gasteiger partial charge in [-0.25, -0.2) is 0 Å². The maximum atomic E-state index is 11.3. The lowest BCUT2D eigenvalue weighted by atomic mass is 9.98. The first-order valence-electron chi connectivity index (χ1n) is 6.57. The summed E-state index contributed by atoms with van der Waals surface area (Å²) in [5.74, 6) is -0.422. The van der Waals surface area contributed by atoms with Crippen LogP contribution in [0.1, 0.15) is 11.1 Å². The number of nitrogens with zero attached hydrogens (tertiary/aromatic N) is 1. The highest BCUT2D eigenvalue weighted by molar-refractivity contribution is 5.85. The van der Waals surface area contributed by atoms with Gasteiger partial charge in [-0.2, -0.15) is 5.26 Å². The van der Waals surface area contributed by atoms with Gasteiger partial charge in [0.25, 0.3) is 0 Å². The van der Waals surface area contributed by atoms with Crippen LogP contribution in [-0.4, -0.2) is 19.1 Å². The van der Waals surface area contributed by atoms with E-state index in [1.165, 1.54) is 7.11 Å². The molecule has 0 radical (unpaired) electrons. The van der Waals surface area contributed by atoms with Crippen molar-refractivity contribution in [2.75, 3.05) is 7.11 Å². The van der Waals surface area contributed by atoms with E-state index in [-0.39, 0.29) is 12.4 Å². The number of halogens is 1. The Morgan fingerprint density at radius 2 is 1.86 bits per heavy atom. The van der Waals surface area contributed by atoms with Crippen LogP contribution in [0, 0.1) is 11.3 Å². The molecule has 4 nitrogen and oxygen atoms in total. The molecule has 2 aromatic rings. The van der Waals surface area contributed by atoms with Gasteiger partial charge >= 0.3 is 5.97 Å². The molecule has 2 aromatic carbocycles. The number of methoxy groups -OCH3 is 1. The van der Waals surface area contributed by atoms with Gasteiger partial charge in [0, 0.05) is 0 Å². The fourth-order valence-electron chi connectivity index (χ4n) is 2.14. The molecule has 0 unspecified atom stereocenters. The second kappa shape index (κ2) is 8.18. The van der Waals surface area contributed by atoms with Gasteiger partial charge in [-0.3, -0.25) is 4.79 Å². The molecule has 0 bridgehead atoms. The minimum atomic E-state index is -0.660. The van der Waals surface area contributed by atoms with Gasteiger partial charge in [-0.1, -0.05) is 42.5 Å². The molecular formula is C17H17ClN2O2. The molecule has 0 amide bonds. The summed E-state index contributed by atoms with van der Waals surface area (Å²) >= 11 is 0. The van der Waals surface area contributed by atoms with E-state index in [2.05, 4.69) is 10.8 Å². The molecule has 0 heterocycles. The van der Waals surface area contributed by atoms with Crippen LogP contribution in [0.5, 0.6) is 0 Å². The van der Waals surface area contributed by atoms with Crippen LogP contribution in [0.4, 0.5) is 0 Å². The molecule has 2 rings (SSSR count). The van der Waals surface area contributed by atoms with Crippen molar-refractivity contribution in [3.8, 4) is 17.2 Å². The van der Waals surface area contributed by atoms with Gasteiger partial charge in [-0.05, 0) is 29.2 Å². The van der Waals surface area contributed by atoms with Crippen molar-refractivity contribution in [1.29, 1.82) is 5.26 Å². The average molecular weight is 317 g/mol. The van der Waals surface area contributed by atoms with E-state index in [9.17, 15) is 4.79 Å². The Bertz CT molecular complexity index is 678. The van der Waals surface area contributed by atoms with E-state index in [4.69, 9.17) is 11.0 Å². The van der Waals surface area contributed by atoms with Crippen molar-refractivity contribution in [2.45, 2.75) is 12.5 Å². The number of hydrogen-bond acceptors (Lipinski definition) is 4. The lowest BCUT2D eigenvalue weighted by Gasteiger charge is -2.10. The number of nitriles is 1. The second-order valence-electron chi connectivity index (χ2n) is 4.69. The predicted octanol–water partition coefficient (Wildman–Crippen LogP) is 2.69. The van der Waals surface area contributed by atoms with Crippen LogP contribution in [0.15, 0.2) is 48.5 Å². The van der Waals surface area contributed by atoms with Gasteiger partial charge in [0.1, 0.15) is 6.04 Å². The lowest BCUT2D eigenvalue weighted by molar-refractivity contribution is -0.142. The number of carbonyl (C=O) groups is 1. The fraction of sp³-hybridized carbons (Fsp3) is 0.176. The Kier molecular flexibility index (Phi) is 6.58. The van der Waals surface area contributed by atoms with Crippen LogP contribution in [0.25, 0.3) is 11.1 Å². The van der Waals surface area contributed by atoms with Gasteiger partial charge < -0.3 is 10.5 Å². The van der Waals surface area contributed by atoms with Gasteiger partial charge in [0.05, 0.1) is 18.7 Å². The highest BCUT2D eigenvalue weighted by Crippen LogP contribution is 2.23. The normalized spacial score (nSPS) is 11.0. The summed E-state index contributed by atoms with van der Waals surface area (Å²) in [6.07, 6.45) is 0.423. The Morgan fingerprint density at radius 3 is 2.45 bits per heavy atom. The SMILES string of the molecule is COC(=O)[C@@H](N)Cc1ccc(-c2ccccc2C#N)cc1.Cl. The molecule has 2 N–H and O–H groups in total. The summed E-state index contributed by atoms with van der Waals surface area (Å²) in [4.78, 5) is 11.3. The number of esters is 1. The molecule has 1 atom stereocenters. The topological polar surface area (TPSA) is 76.1 Å². The molecule has 0 saturated heterocycles. The van der Waals surface area contributed by atoms with Crippen LogP contribution >= 0.6 is 12.4 Å². The Balaban J connectivity index is 0.00000242. The molecule has 0 spiro atoms. The number of benzene rings is 2. The molecule has 0 saturated carbocycles. The molecule has 0 aliphatic heterocycles. The highest BCUT2D eigenvalue weighted by atomic mass is 35.5. The number of carbonyl (C=O) groups excluding carboxylic acids is 1. The average Bonchev–Trinajstić information content (AvgIpc) is 2.54. The van der Waals surface area contributed by atoms with Crippen LogP contribution < -0.4 is 5.73 Å². The minimum absolute atomic E-state index is 0. The molecule has 22 heavy (non-hydrogen) atoms. The zero-order chi connectivity index (χ0) is 15.2. The smallest absolute Gasteiger partial charge is 0.322 e. The third kappa shape index (κ3) is 4.08. The summed E-state index contributed by atoms with van der Waals surface area (Å²) in [5.41, 5.74) is 9.18. The van der Waals surface area contributed by atoms with Crippen LogP contribution in [0.2, 0.25) is 0 Å². The first-order valence-corrected chi connectivity index (χ1v) is 6.57. The van der Waals surface area contributed by atoms with Crippen molar-refractivity contribution >= 4 is 18.4 Å². The Labute approximate surface area is 135 Å². The maximum Gasteiger partial charge on any atom is 0.322 e. The van der Waals surface area contributed by atoms with Crippen LogP contribution in [-0.2, 0) is 16.0 Å². The Morgan fingerprint density at radius 1 is 1.23 bits per heavy atom. The molecule has 0 aliphatic rings. The summed E-state index contributed by atoms with van der Waals surface area (Å²) in [7, 11) is 1.32. The first-order chi connectivity index (χ1) is 10.2. The summed E-state index contributed by atoms with van der Waals surface area (Å²) in [5, 5.41) is 9.12. The zero-order valence-electron chi connectivity index (χ0n) is 12.2. The van der Waals surface area contributed by atoms with Gasteiger partial charge in [-0.15, -0.1) is 12.4 Å². The third-order valence-corrected chi connectivity index (χ3v) is 3.27. The number of ether oxygens (including phenoxy) is 1. The van der Waals surface area contributed by atoms with E-state index in [0.29, 0.717) is 12.0 Å². The molecule has 0 aromatic heterocycles. The third-order valence-electron chi connectivity index (χ3n) is 3.27. The summed E-state index contributed by atoms with van der Waals surface area (Å²) in [6.45, 7) is 0. The fourth-order valence-corrected chi connectivity index (χ4v) is 2.14. The molecule has 114 valence electrons. The van der Waals surface area contributed by atoms with E-state index in [1.54, 1.807) is 6.07 Å². The van der Waals surface area contributed by atoms with Crippen molar-refractivity contribution < 1.29 is 9.53 Å². The number of rotatable bonds is 4. The van der Waals surface area contributed by atoms with Crippen molar-refractivity contribution in [2.24, 2.45) is 5.73 Å². The van der Waals surface area contributed by atoms with Gasteiger partial charge in [0.15, 0.2) is 0 Å². The minimum Gasteiger partial charge on any atom is -0.468 e. The number of hydrogen-bond donors (Lipinski definition) is 1. The van der Waals surface area contributed by atoms with E-state index >= 15 is 0 Å². The predicted molar refractivity (Wildman–Crippen MR) is 87.5 cm³/mol. The van der Waals surface area contributed by atoms with E-state index in [0.717, 1.165) is 16.7 Å². The molecule has 5 heteroatoms. The molecule has 0 fully saturated rings. The summed E-state index contributed by atoms with van der Waals surface area (Å²) < 4.78 is 4.61. The first kappa shape index (κ1) is 17.7. The van der Waals surface area contributed by atoms with E-state index < -0.39 is 12.0 Å². The Hall–Kier alpha value is -2.35.